The van der Waals surface area contributed by atoms with Crippen LogP contribution in [0.5, 0.6) is 5.75 Å². The summed E-state index contributed by atoms with van der Waals surface area (Å²) in [6, 6.07) is 7.57. The van der Waals surface area contributed by atoms with Crippen molar-refractivity contribution in [3.05, 3.63) is 29.8 Å². The van der Waals surface area contributed by atoms with Crippen LogP contribution in [0.3, 0.4) is 0 Å². The summed E-state index contributed by atoms with van der Waals surface area (Å²) in [5.41, 5.74) is 4.28. The largest absolute Gasteiger partial charge is 0.497 e. The van der Waals surface area contributed by atoms with Gasteiger partial charge in [-0.15, -0.1) is 0 Å². The third-order valence-electron chi connectivity index (χ3n) is 6.11. The maximum atomic E-state index is 13.0. The Labute approximate surface area is 166 Å². The Morgan fingerprint density at radius 3 is 2.68 bits per heavy atom. The predicted molar refractivity (Wildman–Crippen MR) is 106 cm³/mol. The van der Waals surface area contributed by atoms with Crippen LogP contribution in [0, 0.1) is 0 Å². The second-order valence-corrected chi connectivity index (χ2v) is 8.07. The minimum absolute atomic E-state index is 0.0450. The Kier molecular flexibility index (Phi) is 6.25. The number of piperidine rings is 1. The lowest BCUT2D eigenvalue weighted by molar-refractivity contribution is -0.158. The molecule has 154 valence electrons. The minimum Gasteiger partial charge on any atom is -0.497 e. The van der Waals surface area contributed by atoms with Gasteiger partial charge in [-0.2, -0.15) is 0 Å². The van der Waals surface area contributed by atoms with E-state index in [0.717, 1.165) is 30.6 Å². The molecule has 0 bridgehead atoms. The first-order chi connectivity index (χ1) is 13.4. The summed E-state index contributed by atoms with van der Waals surface area (Å²) in [5, 5.41) is 14.3. The van der Waals surface area contributed by atoms with E-state index in [9.17, 15) is 14.7 Å². The lowest BCUT2D eigenvalue weighted by Crippen LogP contribution is -2.64. The number of benzene rings is 1. The molecule has 2 fully saturated rings. The normalized spacial score (nSPS) is 24.8. The second-order valence-electron chi connectivity index (χ2n) is 8.07. The van der Waals surface area contributed by atoms with Crippen LogP contribution in [0.4, 0.5) is 0 Å². The van der Waals surface area contributed by atoms with E-state index in [1.807, 2.05) is 24.3 Å². The van der Waals surface area contributed by atoms with Gasteiger partial charge in [-0.1, -0.05) is 31.4 Å². The lowest BCUT2D eigenvalue weighted by atomic mass is 9.80. The molecule has 1 aliphatic carbocycles. The van der Waals surface area contributed by atoms with Gasteiger partial charge in [0.2, 0.25) is 5.91 Å². The number of primary amides is 1. The number of likely N-dealkylation sites (tertiary alicyclic amines) is 1. The molecule has 1 aromatic rings. The molecule has 28 heavy (non-hydrogen) atoms. The van der Waals surface area contributed by atoms with E-state index in [4.69, 9.17) is 10.5 Å². The van der Waals surface area contributed by atoms with Crippen molar-refractivity contribution in [2.45, 2.75) is 62.6 Å². The molecule has 1 unspecified atom stereocenters. The molecular formula is C21H31N3O4. The maximum absolute atomic E-state index is 13.0. The Morgan fingerprint density at radius 2 is 2.00 bits per heavy atom. The number of rotatable bonds is 7. The number of hydrogen-bond acceptors (Lipinski definition) is 5. The van der Waals surface area contributed by atoms with Crippen LogP contribution in [-0.2, 0) is 16.1 Å². The fourth-order valence-corrected chi connectivity index (χ4v) is 4.35. The number of carbonyl (C=O) groups excluding carboxylic acids is 2. The molecule has 1 aliphatic heterocycles. The van der Waals surface area contributed by atoms with Crippen LogP contribution in [-0.4, -0.2) is 53.2 Å². The Hall–Kier alpha value is -2.12. The van der Waals surface area contributed by atoms with Gasteiger partial charge in [0, 0.05) is 19.6 Å². The standard InChI is InChI=1S/C21H31N3O4/c1-28-17-8-5-7-16(13-17)14-24-12-6-11-21(27,19(24)26)15-23-20(18(22)25)9-3-2-4-10-20/h5,7-8,13,23,27H,2-4,6,9-12,14-15H2,1H3,(H2,22,25). The number of aliphatic hydroxyl groups is 1. The van der Waals surface area contributed by atoms with E-state index in [1.165, 1.54) is 0 Å². The van der Waals surface area contributed by atoms with E-state index >= 15 is 0 Å². The number of β-amino-alcohol motifs (C(OH)–C–C–N with tert-alkyl or cyclic N) is 1. The van der Waals surface area contributed by atoms with Crippen molar-refractivity contribution in [3.63, 3.8) is 0 Å². The summed E-state index contributed by atoms with van der Waals surface area (Å²) in [7, 11) is 1.61. The molecule has 4 N–H and O–H groups in total. The summed E-state index contributed by atoms with van der Waals surface area (Å²) >= 11 is 0. The summed E-state index contributed by atoms with van der Waals surface area (Å²) in [6.07, 6.45) is 5.31. The maximum Gasteiger partial charge on any atom is 0.256 e. The van der Waals surface area contributed by atoms with E-state index in [0.29, 0.717) is 38.8 Å². The quantitative estimate of drug-likeness (QED) is 0.652. The van der Waals surface area contributed by atoms with Crippen LogP contribution in [0.15, 0.2) is 24.3 Å². The van der Waals surface area contributed by atoms with Crippen molar-refractivity contribution >= 4 is 11.8 Å². The average Bonchev–Trinajstić information content (AvgIpc) is 2.71. The summed E-state index contributed by atoms with van der Waals surface area (Å²) in [5.74, 6) is 0.0383. The third kappa shape index (κ3) is 4.31. The summed E-state index contributed by atoms with van der Waals surface area (Å²) in [6.45, 7) is 1.06. The molecule has 2 aliphatic rings. The monoisotopic (exact) mass is 389 g/mol. The Bertz CT molecular complexity index is 717. The van der Waals surface area contributed by atoms with Crippen molar-refractivity contribution in [2.24, 2.45) is 5.73 Å². The number of nitrogens with two attached hydrogens (primary N) is 1. The molecule has 7 nitrogen and oxygen atoms in total. The zero-order valence-electron chi connectivity index (χ0n) is 16.6. The number of nitrogens with one attached hydrogen (secondary N) is 1. The molecule has 1 atom stereocenters. The molecule has 3 rings (SSSR count). The summed E-state index contributed by atoms with van der Waals surface area (Å²) in [4.78, 5) is 26.8. The van der Waals surface area contributed by atoms with Crippen molar-refractivity contribution in [3.8, 4) is 5.75 Å². The van der Waals surface area contributed by atoms with Crippen molar-refractivity contribution < 1.29 is 19.4 Å². The lowest BCUT2D eigenvalue weighted by Gasteiger charge is -2.42. The highest BCUT2D eigenvalue weighted by Gasteiger charge is 2.45. The van der Waals surface area contributed by atoms with Gasteiger partial charge in [0.25, 0.3) is 5.91 Å². The van der Waals surface area contributed by atoms with Crippen molar-refractivity contribution in [2.75, 3.05) is 20.2 Å². The van der Waals surface area contributed by atoms with Gasteiger partial charge in [0.1, 0.15) is 5.75 Å². The fourth-order valence-electron chi connectivity index (χ4n) is 4.35. The van der Waals surface area contributed by atoms with Crippen LogP contribution >= 0.6 is 0 Å². The van der Waals surface area contributed by atoms with Gasteiger partial charge < -0.3 is 20.5 Å². The molecule has 1 aromatic carbocycles. The Morgan fingerprint density at radius 1 is 1.25 bits per heavy atom. The van der Waals surface area contributed by atoms with Gasteiger partial charge in [0.15, 0.2) is 5.60 Å². The molecule has 1 heterocycles. The van der Waals surface area contributed by atoms with Crippen molar-refractivity contribution in [1.29, 1.82) is 0 Å². The molecular weight excluding hydrogens is 358 g/mol. The third-order valence-corrected chi connectivity index (χ3v) is 6.11. The molecule has 7 heteroatoms. The highest BCUT2D eigenvalue weighted by molar-refractivity contribution is 5.87. The molecule has 0 radical (unpaired) electrons. The number of carbonyl (C=O) groups is 2. The van der Waals surface area contributed by atoms with E-state index < -0.39 is 17.0 Å². The first-order valence-electron chi connectivity index (χ1n) is 10.1. The fraction of sp³-hybridized carbons (Fsp3) is 0.619. The smallest absolute Gasteiger partial charge is 0.256 e. The van der Waals surface area contributed by atoms with Gasteiger partial charge in [-0.25, -0.2) is 0 Å². The van der Waals surface area contributed by atoms with E-state index in [-0.39, 0.29) is 12.5 Å². The molecule has 0 aromatic heterocycles. The van der Waals surface area contributed by atoms with E-state index in [2.05, 4.69) is 5.32 Å². The molecule has 2 amide bonds. The topological polar surface area (TPSA) is 105 Å². The van der Waals surface area contributed by atoms with Gasteiger partial charge in [0.05, 0.1) is 12.6 Å². The minimum atomic E-state index is -1.52. The number of nitrogens with zero attached hydrogens (tertiary/aromatic N) is 1. The first-order valence-corrected chi connectivity index (χ1v) is 10.1. The van der Waals surface area contributed by atoms with Gasteiger partial charge in [-0.05, 0) is 43.4 Å². The van der Waals surface area contributed by atoms with Crippen LogP contribution < -0.4 is 15.8 Å². The highest BCUT2D eigenvalue weighted by atomic mass is 16.5. The SMILES string of the molecule is COc1cccc(CN2CCCC(O)(CNC3(C(N)=O)CCCCC3)C2=O)c1. The number of ether oxygens (including phenoxy) is 1. The number of methoxy groups -OCH3 is 1. The molecule has 0 spiro atoms. The number of amides is 2. The van der Waals surface area contributed by atoms with Crippen LogP contribution in [0.1, 0.15) is 50.5 Å². The van der Waals surface area contributed by atoms with Crippen molar-refractivity contribution in [1.82, 2.24) is 10.2 Å². The van der Waals surface area contributed by atoms with Crippen LogP contribution in [0.2, 0.25) is 0 Å². The van der Waals surface area contributed by atoms with Crippen LogP contribution in [0.25, 0.3) is 0 Å². The highest BCUT2D eigenvalue weighted by Crippen LogP contribution is 2.30. The molecule has 1 saturated carbocycles. The first kappa shape index (κ1) is 20.6. The summed E-state index contributed by atoms with van der Waals surface area (Å²) < 4.78 is 5.24. The van der Waals surface area contributed by atoms with Gasteiger partial charge in [-0.3, -0.25) is 14.9 Å². The Balaban J connectivity index is 1.68. The number of hydrogen-bond donors (Lipinski definition) is 3. The van der Waals surface area contributed by atoms with Gasteiger partial charge >= 0.3 is 0 Å². The predicted octanol–water partition coefficient (Wildman–Crippen LogP) is 1.33. The zero-order chi connectivity index (χ0) is 20.2. The zero-order valence-corrected chi connectivity index (χ0v) is 16.6. The second kappa shape index (κ2) is 8.49. The molecule has 1 saturated heterocycles. The average molecular weight is 389 g/mol. The van der Waals surface area contributed by atoms with E-state index in [1.54, 1.807) is 12.0 Å².